The normalized spacial score (nSPS) is 25.0. The van der Waals surface area contributed by atoms with E-state index in [1.165, 1.54) is 69.3 Å². The van der Waals surface area contributed by atoms with Gasteiger partial charge in [0.1, 0.15) is 0 Å². The lowest BCUT2D eigenvalue weighted by Gasteiger charge is -2.45. The Morgan fingerprint density at radius 2 is 1.82 bits per heavy atom. The molecule has 4 nitrogen and oxygen atoms in total. The molecule has 7 heteroatoms. The number of aromatic amines is 1. The minimum Gasteiger partial charge on any atom is -0.483 e. The molecule has 3 atom stereocenters. The van der Waals surface area contributed by atoms with Crippen LogP contribution in [0, 0.1) is 17.3 Å². The molecule has 5 rings (SSSR count). The van der Waals surface area contributed by atoms with Gasteiger partial charge in [0, 0.05) is 23.1 Å². The molecule has 1 saturated carbocycles. The van der Waals surface area contributed by atoms with Crippen molar-refractivity contribution in [2.75, 3.05) is 19.6 Å². The number of alkyl halides is 3. The maximum atomic E-state index is 13.3. The van der Waals surface area contributed by atoms with E-state index in [9.17, 15) is 13.2 Å². The number of rotatable bonds is 3. The van der Waals surface area contributed by atoms with Crippen LogP contribution in [0.2, 0.25) is 0 Å². The van der Waals surface area contributed by atoms with E-state index >= 15 is 0 Å². The summed E-state index contributed by atoms with van der Waals surface area (Å²) in [5.74, 6) is 1.46. The number of H-pyrrole nitrogens is 1. The lowest BCUT2D eigenvalue weighted by Crippen LogP contribution is -2.46. The number of allylic oxidation sites excluding steroid dienone is 2. The Kier molecular flexibility index (Phi) is 10.5. The maximum Gasteiger partial charge on any atom is 0.416 e. The quantitative estimate of drug-likeness (QED) is 0.307. The summed E-state index contributed by atoms with van der Waals surface area (Å²) in [6.07, 6.45) is 10.0. The van der Waals surface area contributed by atoms with Crippen LogP contribution in [-0.2, 0) is 17.4 Å². The van der Waals surface area contributed by atoms with Crippen LogP contribution in [0.5, 0.6) is 0 Å². The van der Waals surface area contributed by atoms with Crippen LogP contribution in [-0.4, -0.2) is 41.1 Å². The van der Waals surface area contributed by atoms with E-state index in [1.54, 1.807) is 6.07 Å². The van der Waals surface area contributed by atoms with Crippen LogP contribution < -0.4 is 0 Å². The summed E-state index contributed by atoms with van der Waals surface area (Å²) in [7, 11) is 0. The molecule has 2 N–H and O–H groups in total. The Labute approximate surface area is 225 Å². The van der Waals surface area contributed by atoms with Crippen LogP contribution in [0.1, 0.15) is 95.4 Å². The van der Waals surface area contributed by atoms with E-state index in [0.717, 1.165) is 36.0 Å². The number of piperidine rings is 1. The van der Waals surface area contributed by atoms with E-state index in [0.29, 0.717) is 23.2 Å². The zero-order valence-corrected chi connectivity index (χ0v) is 23.4. The first-order valence-electron chi connectivity index (χ1n) is 14.2. The zero-order chi connectivity index (χ0) is 27.9. The van der Waals surface area contributed by atoms with Crippen molar-refractivity contribution in [2.24, 2.45) is 17.3 Å². The highest BCUT2D eigenvalue weighted by Gasteiger charge is 2.41. The number of halogens is 3. The molecular formula is C31H45F3N2O2. The first kappa shape index (κ1) is 30.3. The molecule has 1 saturated heterocycles. The molecule has 2 unspecified atom stereocenters. The van der Waals surface area contributed by atoms with Crippen molar-refractivity contribution < 1.29 is 23.1 Å². The van der Waals surface area contributed by atoms with Crippen molar-refractivity contribution in [1.29, 1.82) is 0 Å². The highest BCUT2D eigenvalue weighted by atomic mass is 19.4. The molecule has 212 valence electrons. The molecule has 38 heavy (non-hydrogen) atoms. The summed E-state index contributed by atoms with van der Waals surface area (Å²) in [5, 5.41) is 7.67. The highest BCUT2D eigenvalue weighted by molar-refractivity contribution is 5.86. The molecule has 0 bridgehead atoms. The second-order valence-electron chi connectivity index (χ2n) is 11.7. The molecule has 1 aromatic heterocycles. The van der Waals surface area contributed by atoms with Gasteiger partial charge in [-0.05, 0) is 106 Å². The third kappa shape index (κ3) is 7.22. The molecule has 2 heterocycles. The molecule has 2 fully saturated rings. The monoisotopic (exact) mass is 534 g/mol. The molecule has 0 amide bonds. The number of fused-ring (bicyclic) bond motifs is 4. The smallest absolute Gasteiger partial charge is 0.416 e. The van der Waals surface area contributed by atoms with Gasteiger partial charge in [-0.3, -0.25) is 4.79 Å². The second-order valence-corrected chi connectivity index (χ2v) is 11.7. The van der Waals surface area contributed by atoms with E-state index in [1.807, 2.05) is 26.0 Å². The Hall–Kier alpha value is -2.28. The van der Waals surface area contributed by atoms with E-state index < -0.39 is 11.7 Å². The third-order valence-corrected chi connectivity index (χ3v) is 9.13. The Bertz CT molecular complexity index is 1060. The Morgan fingerprint density at radius 3 is 2.42 bits per heavy atom. The van der Waals surface area contributed by atoms with Gasteiger partial charge in [-0.2, -0.15) is 13.2 Å². The summed E-state index contributed by atoms with van der Waals surface area (Å²) in [6, 6.07) is 4.19. The topological polar surface area (TPSA) is 56.3 Å². The Balaban J connectivity index is 0.000000515. The molecule has 2 aliphatic carbocycles. The number of nitrogens with zero attached hydrogens (tertiary/aromatic N) is 1. The SMILES string of the molecule is C/C=C\C.C[C@H]1c2c([nH]c3ccc(C(F)(F)F)cc23)CC2CCN(CCC3(C)CCCCC3)CC21.O=CO. The van der Waals surface area contributed by atoms with Crippen molar-refractivity contribution in [2.45, 2.75) is 91.2 Å². The fraction of sp³-hybridized carbons (Fsp3) is 0.645. The average molecular weight is 535 g/mol. The van der Waals surface area contributed by atoms with Crippen molar-refractivity contribution in [3.63, 3.8) is 0 Å². The van der Waals surface area contributed by atoms with Gasteiger partial charge in [0.15, 0.2) is 0 Å². The minimum absolute atomic E-state index is 0.250. The molecule has 0 radical (unpaired) electrons. The standard InChI is InChI=1S/C26H35F3N2.C4H8.CH2O2/c1-17-21-16-31(13-11-25(2)9-4-3-5-10-25)12-8-18(21)14-23-24(17)20-15-19(26(27,28)29)6-7-22(20)30-23;1-3-4-2;2-1-3/h6-7,15,17-18,21,30H,3-5,8-14,16H2,1-2H3;3-4H,1-2H3;1H,(H,2,3)/b;4-3-;/t17-,18?,21?;;/m1../s1. The molecule has 1 aliphatic heterocycles. The van der Waals surface area contributed by atoms with Gasteiger partial charge in [0.2, 0.25) is 0 Å². The number of benzene rings is 1. The van der Waals surface area contributed by atoms with E-state index in [4.69, 9.17) is 9.90 Å². The number of carboxylic acid groups (broad SMARTS) is 1. The first-order valence-corrected chi connectivity index (χ1v) is 14.2. The second kappa shape index (κ2) is 13.2. The van der Waals surface area contributed by atoms with Crippen LogP contribution >= 0.6 is 0 Å². The van der Waals surface area contributed by atoms with Gasteiger partial charge in [-0.25, -0.2) is 0 Å². The summed E-state index contributed by atoms with van der Waals surface area (Å²) in [6.45, 7) is 11.9. The Morgan fingerprint density at radius 1 is 1.16 bits per heavy atom. The fourth-order valence-corrected chi connectivity index (χ4v) is 6.81. The van der Waals surface area contributed by atoms with Crippen LogP contribution in [0.3, 0.4) is 0 Å². The number of nitrogens with one attached hydrogen (secondary N) is 1. The summed E-state index contributed by atoms with van der Waals surface area (Å²) in [5.41, 5.74) is 3.13. The van der Waals surface area contributed by atoms with Crippen molar-refractivity contribution in [3.8, 4) is 0 Å². The first-order chi connectivity index (χ1) is 18.1. The van der Waals surface area contributed by atoms with E-state index in [-0.39, 0.29) is 6.47 Å². The van der Waals surface area contributed by atoms with Gasteiger partial charge >= 0.3 is 6.18 Å². The molecule has 1 aromatic carbocycles. The van der Waals surface area contributed by atoms with Gasteiger partial charge in [-0.1, -0.05) is 45.3 Å². The lowest BCUT2D eigenvalue weighted by atomic mass is 9.68. The van der Waals surface area contributed by atoms with Crippen LogP contribution in [0.25, 0.3) is 10.9 Å². The number of hydrogen-bond acceptors (Lipinski definition) is 2. The highest BCUT2D eigenvalue weighted by Crippen LogP contribution is 2.47. The summed E-state index contributed by atoms with van der Waals surface area (Å²) in [4.78, 5) is 14.5. The summed E-state index contributed by atoms with van der Waals surface area (Å²) >= 11 is 0. The van der Waals surface area contributed by atoms with Crippen LogP contribution in [0.4, 0.5) is 13.2 Å². The van der Waals surface area contributed by atoms with Gasteiger partial charge in [-0.15, -0.1) is 0 Å². The van der Waals surface area contributed by atoms with Crippen LogP contribution in [0.15, 0.2) is 30.4 Å². The maximum absolute atomic E-state index is 13.3. The lowest BCUT2D eigenvalue weighted by molar-refractivity contribution is -0.137. The fourth-order valence-electron chi connectivity index (χ4n) is 6.81. The van der Waals surface area contributed by atoms with Gasteiger partial charge < -0.3 is 15.0 Å². The predicted molar refractivity (Wildman–Crippen MR) is 148 cm³/mol. The molecule has 3 aliphatic rings. The zero-order valence-electron chi connectivity index (χ0n) is 23.4. The van der Waals surface area contributed by atoms with E-state index in [2.05, 4.69) is 23.7 Å². The molecule has 2 aromatic rings. The third-order valence-electron chi connectivity index (χ3n) is 9.13. The largest absolute Gasteiger partial charge is 0.483 e. The predicted octanol–water partition coefficient (Wildman–Crippen LogP) is 8.43. The molecular weight excluding hydrogens is 489 g/mol. The molecule has 0 spiro atoms. The van der Waals surface area contributed by atoms with Crippen molar-refractivity contribution in [3.05, 3.63) is 47.2 Å². The number of aromatic nitrogens is 1. The van der Waals surface area contributed by atoms with Crippen molar-refractivity contribution in [1.82, 2.24) is 9.88 Å². The van der Waals surface area contributed by atoms with Gasteiger partial charge in [0.25, 0.3) is 6.47 Å². The minimum atomic E-state index is -4.30. The summed E-state index contributed by atoms with van der Waals surface area (Å²) < 4.78 is 40.0. The van der Waals surface area contributed by atoms with Crippen molar-refractivity contribution >= 4 is 17.4 Å². The average Bonchev–Trinajstić information content (AvgIpc) is 3.26. The number of carbonyl (C=O) groups is 1. The number of likely N-dealkylation sites (tertiary alicyclic amines) is 1. The number of hydrogen-bond donors (Lipinski definition) is 2. The van der Waals surface area contributed by atoms with Gasteiger partial charge in [0.05, 0.1) is 5.56 Å².